The van der Waals surface area contributed by atoms with E-state index in [1.54, 1.807) is 0 Å². The number of fused-ring (bicyclic) bond motifs is 2. The van der Waals surface area contributed by atoms with Crippen molar-refractivity contribution in [1.82, 2.24) is 4.98 Å². The minimum absolute atomic E-state index is 0.647. The summed E-state index contributed by atoms with van der Waals surface area (Å²) >= 11 is 0. The summed E-state index contributed by atoms with van der Waals surface area (Å²) in [5, 5.41) is 0. The fraction of sp³-hybridized carbons (Fsp3) is 0.130. The molecule has 2 aromatic heterocycles. The number of benzene rings is 1. The third-order valence-corrected chi connectivity index (χ3v) is 4.67. The number of nitrogens with zero attached hydrogens (tertiary/aromatic N) is 3. The molecule has 1 aliphatic rings. The first-order chi connectivity index (χ1) is 13.1. The molecule has 0 saturated heterocycles. The van der Waals surface area contributed by atoms with E-state index in [-0.39, 0.29) is 0 Å². The van der Waals surface area contributed by atoms with Gasteiger partial charge in [0.25, 0.3) is 0 Å². The van der Waals surface area contributed by atoms with E-state index in [0.717, 1.165) is 16.8 Å². The first-order valence-electron chi connectivity index (χ1n) is 8.95. The third kappa shape index (κ3) is 3.34. The number of allylic oxidation sites excluding steroid dienone is 7. The molecule has 0 bridgehead atoms. The highest BCUT2D eigenvalue weighted by atomic mass is 16.3. The minimum atomic E-state index is 0.647. The van der Waals surface area contributed by atoms with Crippen molar-refractivity contribution in [2.75, 3.05) is 11.9 Å². The lowest BCUT2D eigenvalue weighted by Crippen LogP contribution is -2.28. The molecule has 134 valence electrons. The second-order valence-corrected chi connectivity index (χ2v) is 6.63. The van der Waals surface area contributed by atoms with Crippen LogP contribution in [0.4, 0.5) is 5.69 Å². The predicted octanol–water partition coefficient (Wildman–Crippen LogP) is 4.66. The summed E-state index contributed by atoms with van der Waals surface area (Å²) in [6.07, 6.45) is 14.4. The van der Waals surface area contributed by atoms with Crippen LogP contribution >= 0.6 is 0 Å². The predicted molar refractivity (Wildman–Crippen MR) is 110 cm³/mol. The number of pyridine rings is 1. The van der Waals surface area contributed by atoms with Gasteiger partial charge < -0.3 is 9.32 Å². The molecule has 27 heavy (non-hydrogen) atoms. The Morgan fingerprint density at radius 3 is 2.85 bits per heavy atom. The van der Waals surface area contributed by atoms with Gasteiger partial charge in [0.05, 0.1) is 13.2 Å². The standard InChI is InChI=1S/C23H22N3O/c1-17(23-24-22-21(27-23)13-8-15-26(22)3)9-4-5-10-18-14-16-25(2)20-12-7-6-11-19(18)20/h4-16H,1-3H3/q+1. The highest BCUT2D eigenvalue weighted by Crippen LogP contribution is 2.31. The summed E-state index contributed by atoms with van der Waals surface area (Å²) < 4.78 is 7.81. The number of oxazole rings is 1. The van der Waals surface area contributed by atoms with Gasteiger partial charge in [-0.25, -0.2) is 4.57 Å². The fourth-order valence-electron chi connectivity index (χ4n) is 3.15. The van der Waals surface area contributed by atoms with Crippen LogP contribution in [0.1, 0.15) is 18.4 Å². The minimum Gasteiger partial charge on any atom is -0.411 e. The van der Waals surface area contributed by atoms with Gasteiger partial charge in [-0.15, -0.1) is 0 Å². The Morgan fingerprint density at radius 1 is 1.15 bits per heavy atom. The van der Waals surface area contributed by atoms with E-state index < -0.39 is 0 Å². The van der Waals surface area contributed by atoms with Crippen LogP contribution in [-0.2, 0) is 7.05 Å². The molecule has 4 heteroatoms. The fourth-order valence-corrected chi connectivity index (χ4v) is 3.15. The van der Waals surface area contributed by atoms with Gasteiger partial charge >= 0.3 is 11.5 Å². The van der Waals surface area contributed by atoms with Gasteiger partial charge in [-0.1, -0.05) is 42.5 Å². The van der Waals surface area contributed by atoms with Crippen LogP contribution in [0.5, 0.6) is 0 Å². The van der Waals surface area contributed by atoms with Crippen LogP contribution in [0.25, 0.3) is 22.4 Å². The molecular weight excluding hydrogens is 334 g/mol. The number of rotatable bonds is 3. The van der Waals surface area contributed by atoms with Gasteiger partial charge in [0, 0.05) is 35.1 Å². The van der Waals surface area contributed by atoms with Crippen molar-refractivity contribution in [3.63, 3.8) is 0 Å². The molecule has 0 saturated carbocycles. The molecule has 0 aliphatic carbocycles. The first kappa shape index (κ1) is 17.0. The number of anilines is 1. The van der Waals surface area contributed by atoms with E-state index in [1.807, 2.05) is 55.1 Å². The average Bonchev–Trinajstić information content (AvgIpc) is 3.13. The maximum Gasteiger partial charge on any atom is 0.370 e. The summed E-state index contributed by atoms with van der Waals surface area (Å²) in [7, 11) is 4.03. The topological polar surface area (TPSA) is 33.2 Å². The lowest BCUT2D eigenvalue weighted by Gasteiger charge is -2.23. The van der Waals surface area contributed by atoms with Crippen molar-refractivity contribution in [2.45, 2.75) is 6.92 Å². The maximum atomic E-state index is 5.85. The molecule has 0 spiro atoms. The lowest BCUT2D eigenvalue weighted by atomic mass is 10.00. The molecule has 0 amide bonds. The molecular formula is C23H22N3O+. The van der Waals surface area contributed by atoms with Gasteiger partial charge in [-0.05, 0) is 36.8 Å². The monoisotopic (exact) mass is 356 g/mol. The molecule has 1 aliphatic heterocycles. The summed E-state index contributed by atoms with van der Waals surface area (Å²) in [5.41, 5.74) is 6.27. The molecule has 3 heterocycles. The van der Waals surface area contributed by atoms with Gasteiger partial charge in [0.15, 0.2) is 0 Å². The Labute approximate surface area is 159 Å². The quantitative estimate of drug-likeness (QED) is 0.505. The van der Waals surface area contributed by atoms with Crippen molar-refractivity contribution in [1.29, 1.82) is 0 Å². The van der Waals surface area contributed by atoms with E-state index in [2.05, 4.69) is 59.5 Å². The van der Waals surface area contributed by atoms with Gasteiger partial charge in [-0.3, -0.25) is 0 Å². The van der Waals surface area contributed by atoms with Crippen molar-refractivity contribution in [3.05, 3.63) is 90.6 Å². The highest BCUT2D eigenvalue weighted by Gasteiger charge is 2.17. The molecule has 0 N–H and O–H groups in total. The molecule has 0 radical (unpaired) electrons. The number of aryl methyl sites for hydroxylation is 1. The number of hydrogen-bond donors (Lipinski definition) is 0. The molecule has 1 aromatic carbocycles. The van der Waals surface area contributed by atoms with Crippen LogP contribution in [0.2, 0.25) is 0 Å². The highest BCUT2D eigenvalue weighted by molar-refractivity contribution is 5.86. The summed E-state index contributed by atoms with van der Waals surface area (Å²) in [6, 6.07) is 12.3. The zero-order chi connectivity index (χ0) is 18.8. The van der Waals surface area contributed by atoms with E-state index in [0.29, 0.717) is 5.89 Å². The maximum absolute atomic E-state index is 5.85. The van der Waals surface area contributed by atoms with Gasteiger partial charge in [-0.2, -0.15) is 0 Å². The smallest absolute Gasteiger partial charge is 0.370 e. The lowest BCUT2D eigenvalue weighted by molar-refractivity contribution is -0.646. The van der Waals surface area contributed by atoms with E-state index in [1.165, 1.54) is 16.8 Å². The average molecular weight is 356 g/mol. The van der Waals surface area contributed by atoms with Crippen LogP contribution in [-0.4, -0.2) is 12.0 Å². The Balaban J connectivity index is 1.57. The zero-order valence-electron chi connectivity index (χ0n) is 15.8. The summed E-state index contributed by atoms with van der Waals surface area (Å²) in [4.78, 5) is 6.71. The SMILES string of the molecule is C\C(=C/C=C/C=C1\C=CN(C)c2ccccc21)c1nc2c(ccc[n+]2C)o1. The van der Waals surface area contributed by atoms with Crippen molar-refractivity contribution < 1.29 is 8.98 Å². The van der Waals surface area contributed by atoms with Crippen molar-refractivity contribution in [3.8, 4) is 0 Å². The zero-order valence-corrected chi connectivity index (χ0v) is 15.8. The molecule has 4 rings (SSSR count). The number of aromatic nitrogens is 2. The van der Waals surface area contributed by atoms with Crippen LogP contribution in [0.15, 0.2) is 83.6 Å². The summed E-state index contributed by atoms with van der Waals surface area (Å²) in [6.45, 7) is 2.01. The molecule has 0 fully saturated rings. The van der Waals surface area contributed by atoms with Crippen LogP contribution in [0, 0.1) is 0 Å². The number of para-hydroxylation sites is 1. The Morgan fingerprint density at radius 2 is 2.00 bits per heavy atom. The van der Waals surface area contributed by atoms with Gasteiger partial charge in [0.1, 0.15) is 0 Å². The Hall–Kier alpha value is -3.40. The van der Waals surface area contributed by atoms with E-state index in [9.17, 15) is 0 Å². The molecule has 3 aromatic rings. The second-order valence-electron chi connectivity index (χ2n) is 6.63. The van der Waals surface area contributed by atoms with E-state index >= 15 is 0 Å². The van der Waals surface area contributed by atoms with Crippen molar-refractivity contribution in [2.24, 2.45) is 7.05 Å². The normalized spacial score (nSPS) is 15.9. The molecule has 4 nitrogen and oxygen atoms in total. The number of hydrogen-bond acceptors (Lipinski definition) is 3. The Kier molecular flexibility index (Phi) is 4.47. The third-order valence-electron chi connectivity index (χ3n) is 4.67. The second kappa shape index (κ2) is 7.08. The largest absolute Gasteiger partial charge is 0.411 e. The van der Waals surface area contributed by atoms with Crippen LogP contribution in [0.3, 0.4) is 0 Å². The summed E-state index contributed by atoms with van der Waals surface area (Å²) in [5.74, 6) is 0.647. The molecule has 0 atom stereocenters. The molecule has 0 unspecified atom stereocenters. The Bertz CT molecular complexity index is 1120. The van der Waals surface area contributed by atoms with Crippen molar-refractivity contribution >= 4 is 28.1 Å². The first-order valence-corrected chi connectivity index (χ1v) is 8.95. The van der Waals surface area contributed by atoms with E-state index in [4.69, 9.17) is 4.42 Å². The van der Waals surface area contributed by atoms with Crippen LogP contribution < -0.4 is 9.47 Å². The van der Waals surface area contributed by atoms with Gasteiger partial charge in [0.2, 0.25) is 5.58 Å².